The van der Waals surface area contributed by atoms with Crippen LogP contribution in [0, 0.1) is 0 Å². The smallest absolute Gasteiger partial charge is 0.307 e. The standard InChI is InChI=1S/C17H14O3/c1-11-15(8-12-6-7-20-10-12)13-4-2-3-5-14(13)16(11)9-17(18)19/h2-8,10H,9H2,1H3,(H,18,19). The van der Waals surface area contributed by atoms with Gasteiger partial charge >= 0.3 is 5.97 Å². The summed E-state index contributed by atoms with van der Waals surface area (Å²) in [6, 6.07) is 9.80. The lowest BCUT2D eigenvalue weighted by Gasteiger charge is -2.02. The predicted octanol–water partition coefficient (Wildman–Crippen LogP) is 4.08. The molecule has 100 valence electrons. The third-order valence-electron chi connectivity index (χ3n) is 3.58. The molecule has 1 aliphatic rings. The van der Waals surface area contributed by atoms with Crippen LogP contribution < -0.4 is 0 Å². The molecule has 2 aromatic rings. The molecule has 0 radical (unpaired) electrons. The molecule has 3 nitrogen and oxygen atoms in total. The Morgan fingerprint density at radius 3 is 2.65 bits per heavy atom. The lowest BCUT2D eigenvalue weighted by Crippen LogP contribution is -1.96. The number of benzene rings is 1. The van der Waals surface area contributed by atoms with Crippen LogP contribution in [0.1, 0.15) is 30.0 Å². The maximum absolute atomic E-state index is 11.1. The van der Waals surface area contributed by atoms with Gasteiger partial charge in [-0.3, -0.25) is 4.79 Å². The number of fused-ring (bicyclic) bond motifs is 1. The molecule has 0 bridgehead atoms. The second kappa shape index (κ2) is 4.85. The molecular formula is C17H14O3. The summed E-state index contributed by atoms with van der Waals surface area (Å²) in [7, 11) is 0. The molecular weight excluding hydrogens is 252 g/mol. The first-order valence-corrected chi connectivity index (χ1v) is 6.42. The van der Waals surface area contributed by atoms with Crippen molar-refractivity contribution >= 4 is 23.2 Å². The van der Waals surface area contributed by atoms with Crippen molar-refractivity contribution in [1.82, 2.24) is 0 Å². The van der Waals surface area contributed by atoms with Crippen LogP contribution in [0.2, 0.25) is 0 Å². The normalized spacial score (nSPS) is 15.8. The third-order valence-corrected chi connectivity index (χ3v) is 3.58. The molecule has 1 heterocycles. The van der Waals surface area contributed by atoms with E-state index in [2.05, 4.69) is 0 Å². The van der Waals surface area contributed by atoms with Crippen LogP contribution >= 0.6 is 0 Å². The van der Waals surface area contributed by atoms with Crippen molar-refractivity contribution < 1.29 is 14.3 Å². The monoisotopic (exact) mass is 266 g/mol. The number of carboxylic acids is 1. The molecule has 0 amide bonds. The summed E-state index contributed by atoms with van der Waals surface area (Å²) >= 11 is 0. The van der Waals surface area contributed by atoms with Gasteiger partial charge in [-0.05, 0) is 46.9 Å². The van der Waals surface area contributed by atoms with Crippen molar-refractivity contribution in [2.75, 3.05) is 0 Å². The Morgan fingerprint density at radius 2 is 2.00 bits per heavy atom. The minimum Gasteiger partial charge on any atom is -0.481 e. The zero-order chi connectivity index (χ0) is 14.1. The highest BCUT2D eigenvalue weighted by molar-refractivity contribution is 6.07. The number of rotatable bonds is 3. The van der Waals surface area contributed by atoms with E-state index in [4.69, 9.17) is 9.52 Å². The summed E-state index contributed by atoms with van der Waals surface area (Å²) in [5.41, 5.74) is 6.06. The average molecular weight is 266 g/mol. The second-order valence-electron chi connectivity index (χ2n) is 4.83. The van der Waals surface area contributed by atoms with Gasteiger partial charge in [0.25, 0.3) is 0 Å². The molecule has 0 unspecified atom stereocenters. The Labute approximate surface area is 116 Å². The lowest BCUT2D eigenvalue weighted by molar-refractivity contribution is -0.135. The molecule has 3 rings (SSSR count). The van der Waals surface area contributed by atoms with Crippen molar-refractivity contribution in [3.63, 3.8) is 0 Å². The predicted molar refractivity (Wildman–Crippen MR) is 77.9 cm³/mol. The number of carboxylic acid groups (broad SMARTS) is 1. The van der Waals surface area contributed by atoms with Crippen molar-refractivity contribution in [2.24, 2.45) is 0 Å². The van der Waals surface area contributed by atoms with E-state index in [1.165, 1.54) is 0 Å². The number of hydrogen-bond donors (Lipinski definition) is 1. The number of carbonyl (C=O) groups is 1. The summed E-state index contributed by atoms with van der Waals surface area (Å²) in [5.74, 6) is -0.807. The van der Waals surface area contributed by atoms with Crippen LogP contribution in [-0.2, 0) is 4.79 Å². The van der Waals surface area contributed by atoms with Crippen LogP contribution in [0.4, 0.5) is 0 Å². The summed E-state index contributed by atoms with van der Waals surface area (Å²) in [6.07, 6.45) is 5.39. The largest absolute Gasteiger partial charge is 0.481 e. The summed E-state index contributed by atoms with van der Waals surface area (Å²) < 4.78 is 5.08. The quantitative estimate of drug-likeness (QED) is 0.910. The Kier molecular flexibility index (Phi) is 3.03. The van der Waals surface area contributed by atoms with E-state index in [-0.39, 0.29) is 6.42 Å². The van der Waals surface area contributed by atoms with Gasteiger partial charge < -0.3 is 9.52 Å². The summed E-state index contributed by atoms with van der Waals surface area (Å²) in [5, 5.41) is 9.09. The molecule has 0 saturated heterocycles. The maximum Gasteiger partial charge on any atom is 0.307 e. The molecule has 1 aromatic heterocycles. The Hall–Kier alpha value is -2.55. The molecule has 1 aromatic carbocycles. The fourth-order valence-corrected chi connectivity index (χ4v) is 2.64. The highest BCUT2D eigenvalue weighted by atomic mass is 16.4. The Bertz CT molecular complexity index is 718. The number of hydrogen-bond acceptors (Lipinski definition) is 2. The second-order valence-corrected chi connectivity index (χ2v) is 4.83. The highest BCUT2D eigenvalue weighted by Gasteiger charge is 2.24. The minimum absolute atomic E-state index is 0.0472. The topological polar surface area (TPSA) is 50.4 Å². The molecule has 0 aliphatic heterocycles. The molecule has 0 spiro atoms. The minimum atomic E-state index is -0.807. The first-order chi connectivity index (χ1) is 9.66. The Balaban J connectivity index is 2.15. The van der Waals surface area contributed by atoms with E-state index < -0.39 is 5.97 Å². The van der Waals surface area contributed by atoms with Gasteiger partial charge in [0.15, 0.2) is 0 Å². The van der Waals surface area contributed by atoms with Gasteiger partial charge in [-0.2, -0.15) is 0 Å². The molecule has 0 saturated carbocycles. The van der Waals surface area contributed by atoms with E-state index in [1.54, 1.807) is 12.5 Å². The van der Waals surface area contributed by atoms with Gasteiger partial charge in [-0.15, -0.1) is 0 Å². The van der Waals surface area contributed by atoms with Crippen LogP contribution in [0.25, 0.3) is 17.2 Å². The fraction of sp³-hybridized carbons (Fsp3) is 0.118. The molecule has 3 heteroatoms. The van der Waals surface area contributed by atoms with Gasteiger partial charge in [0, 0.05) is 5.56 Å². The van der Waals surface area contributed by atoms with E-state index in [1.807, 2.05) is 43.3 Å². The van der Waals surface area contributed by atoms with E-state index in [0.29, 0.717) is 0 Å². The SMILES string of the molecule is CC1=C(CC(=O)O)c2ccccc2C1=Cc1ccoc1. The fourth-order valence-electron chi connectivity index (χ4n) is 2.64. The van der Waals surface area contributed by atoms with Gasteiger partial charge in [0.2, 0.25) is 0 Å². The van der Waals surface area contributed by atoms with Crippen LogP contribution in [0.5, 0.6) is 0 Å². The van der Waals surface area contributed by atoms with Gasteiger partial charge in [-0.1, -0.05) is 24.3 Å². The van der Waals surface area contributed by atoms with E-state index in [9.17, 15) is 4.79 Å². The van der Waals surface area contributed by atoms with Crippen LogP contribution in [-0.4, -0.2) is 11.1 Å². The first kappa shape index (κ1) is 12.5. The van der Waals surface area contributed by atoms with Crippen LogP contribution in [0.3, 0.4) is 0 Å². The molecule has 1 aliphatic carbocycles. The number of allylic oxidation sites excluding steroid dienone is 2. The van der Waals surface area contributed by atoms with E-state index in [0.717, 1.165) is 33.4 Å². The highest BCUT2D eigenvalue weighted by Crippen LogP contribution is 2.43. The van der Waals surface area contributed by atoms with Crippen molar-refractivity contribution in [1.29, 1.82) is 0 Å². The van der Waals surface area contributed by atoms with Crippen molar-refractivity contribution in [2.45, 2.75) is 13.3 Å². The lowest BCUT2D eigenvalue weighted by atomic mass is 10.0. The molecule has 20 heavy (non-hydrogen) atoms. The average Bonchev–Trinajstić information content (AvgIpc) is 3.02. The molecule has 1 N–H and O–H groups in total. The first-order valence-electron chi connectivity index (χ1n) is 6.42. The molecule has 0 fully saturated rings. The van der Waals surface area contributed by atoms with Gasteiger partial charge in [0.05, 0.1) is 18.9 Å². The summed E-state index contributed by atoms with van der Waals surface area (Å²) in [4.78, 5) is 11.1. The summed E-state index contributed by atoms with van der Waals surface area (Å²) in [6.45, 7) is 1.98. The van der Waals surface area contributed by atoms with Gasteiger partial charge in [0.1, 0.15) is 0 Å². The van der Waals surface area contributed by atoms with E-state index >= 15 is 0 Å². The van der Waals surface area contributed by atoms with Gasteiger partial charge in [-0.25, -0.2) is 0 Å². The van der Waals surface area contributed by atoms with Crippen molar-refractivity contribution in [3.05, 3.63) is 65.1 Å². The number of furan rings is 1. The van der Waals surface area contributed by atoms with Crippen molar-refractivity contribution in [3.8, 4) is 0 Å². The molecule has 0 atom stereocenters. The zero-order valence-corrected chi connectivity index (χ0v) is 11.1. The van der Waals surface area contributed by atoms with Crippen LogP contribution in [0.15, 0.2) is 52.8 Å². The maximum atomic E-state index is 11.1. The Morgan fingerprint density at radius 1 is 1.25 bits per heavy atom. The zero-order valence-electron chi connectivity index (χ0n) is 11.1. The third kappa shape index (κ3) is 2.07. The number of aliphatic carboxylic acids is 1.